The maximum absolute atomic E-state index is 13.2. The van der Waals surface area contributed by atoms with Crippen LogP contribution in [0.15, 0.2) is 39.8 Å². The Balaban J connectivity index is 1.99. The SMILES string of the molecule is NC1=NCc2cc(Br)c(Cc3cc(F)cc(F)c3)cc21. The van der Waals surface area contributed by atoms with Gasteiger partial charge in [0.15, 0.2) is 0 Å². The first-order valence-corrected chi connectivity index (χ1v) is 6.89. The zero-order chi connectivity index (χ0) is 14.3. The Morgan fingerprint density at radius 1 is 1.10 bits per heavy atom. The molecule has 0 saturated carbocycles. The van der Waals surface area contributed by atoms with Crippen molar-refractivity contribution in [1.29, 1.82) is 0 Å². The van der Waals surface area contributed by atoms with Gasteiger partial charge in [-0.1, -0.05) is 15.9 Å². The summed E-state index contributed by atoms with van der Waals surface area (Å²) in [6, 6.07) is 7.42. The van der Waals surface area contributed by atoms with Crippen LogP contribution in [0.25, 0.3) is 0 Å². The van der Waals surface area contributed by atoms with Crippen LogP contribution in [0, 0.1) is 11.6 Å². The third kappa shape index (κ3) is 2.45. The van der Waals surface area contributed by atoms with Crippen molar-refractivity contribution in [2.75, 3.05) is 0 Å². The summed E-state index contributed by atoms with van der Waals surface area (Å²) in [5, 5.41) is 0. The van der Waals surface area contributed by atoms with Gasteiger partial charge in [0.2, 0.25) is 0 Å². The molecule has 2 nitrogen and oxygen atoms in total. The van der Waals surface area contributed by atoms with E-state index < -0.39 is 11.6 Å². The number of hydrogen-bond donors (Lipinski definition) is 1. The molecule has 2 aromatic carbocycles. The molecule has 1 aliphatic rings. The van der Waals surface area contributed by atoms with Crippen LogP contribution >= 0.6 is 15.9 Å². The first kappa shape index (κ1) is 13.2. The minimum absolute atomic E-state index is 0.426. The first-order chi connectivity index (χ1) is 9.52. The summed E-state index contributed by atoms with van der Waals surface area (Å²) in [5.41, 5.74) is 9.29. The third-order valence-electron chi connectivity index (χ3n) is 3.28. The number of aliphatic imine (C=N–C) groups is 1. The molecule has 3 rings (SSSR count). The summed E-state index contributed by atoms with van der Waals surface area (Å²) in [7, 11) is 0. The van der Waals surface area contributed by atoms with Crippen LogP contribution in [0.5, 0.6) is 0 Å². The van der Waals surface area contributed by atoms with E-state index in [-0.39, 0.29) is 0 Å². The van der Waals surface area contributed by atoms with E-state index in [1.165, 1.54) is 12.1 Å². The van der Waals surface area contributed by atoms with Crippen LogP contribution in [0.4, 0.5) is 8.78 Å². The maximum Gasteiger partial charge on any atom is 0.126 e. The van der Waals surface area contributed by atoms with Crippen molar-refractivity contribution in [3.8, 4) is 0 Å². The van der Waals surface area contributed by atoms with Gasteiger partial charge < -0.3 is 5.73 Å². The molecule has 0 amide bonds. The van der Waals surface area contributed by atoms with Crippen molar-refractivity contribution in [3.63, 3.8) is 0 Å². The molecule has 0 radical (unpaired) electrons. The summed E-state index contributed by atoms with van der Waals surface area (Å²) in [5.74, 6) is -0.629. The van der Waals surface area contributed by atoms with E-state index in [9.17, 15) is 8.78 Å². The van der Waals surface area contributed by atoms with Crippen LogP contribution in [0.1, 0.15) is 22.3 Å². The van der Waals surface area contributed by atoms with Crippen molar-refractivity contribution < 1.29 is 8.78 Å². The number of fused-ring (bicyclic) bond motifs is 1. The van der Waals surface area contributed by atoms with Gasteiger partial charge in [0.25, 0.3) is 0 Å². The number of benzene rings is 2. The molecule has 102 valence electrons. The van der Waals surface area contributed by atoms with Crippen molar-refractivity contribution in [1.82, 2.24) is 0 Å². The highest BCUT2D eigenvalue weighted by molar-refractivity contribution is 9.10. The normalized spacial score (nSPS) is 13.2. The smallest absolute Gasteiger partial charge is 0.126 e. The lowest BCUT2D eigenvalue weighted by Gasteiger charge is -2.09. The van der Waals surface area contributed by atoms with E-state index in [0.29, 0.717) is 24.4 Å². The highest BCUT2D eigenvalue weighted by Gasteiger charge is 2.16. The highest BCUT2D eigenvalue weighted by Crippen LogP contribution is 2.28. The third-order valence-corrected chi connectivity index (χ3v) is 4.02. The molecule has 0 bridgehead atoms. The van der Waals surface area contributed by atoms with E-state index in [0.717, 1.165) is 27.2 Å². The molecular formula is C15H11BrF2N2. The molecule has 2 N–H and O–H groups in total. The number of hydrogen-bond acceptors (Lipinski definition) is 2. The van der Waals surface area contributed by atoms with Gasteiger partial charge in [0, 0.05) is 16.1 Å². The molecule has 0 saturated heterocycles. The Morgan fingerprint density at radius 2 is 1.80 bits per heavy atom. The van der Waals surface area contributed by atoms with Gasteiger partial charge in [-0.2, -0.15) is 0 Å². The molecule has 2 aromatic rings. The Labute approximate surface area is 123 Å². The fourth-order valence-electron chi connectivity index (χ4n) is 2.35. The molecule has 0 fully saturated rings. The number of rotatable bonds is 2. The van der Waals surface area contributed by atoms with Gasteiger partial charge in [0.05, 0.1) is 6.54 Å². The summed E-state index contributed by atoms with van der Waals surface area (Å²) < 4.78 is 27.3. The van der Waals surface area contributed by atoms with Gasteiger partial charge in [0.1, 0.15) is 17.5 Å². The van der Waals surface area contributed by atoms with Gasteiger partial charge >= 0.3 is 0 Å². The Hall–Kier alpha value is -1.75. The number of halogens is 3. The molecule has 20 heavy (non-hydrogen) atoms. The van der Waals surface area contributed by atoms with Crippen molar-refractivity contribution in [2.45, 2.75) is 13.0 Å². The van der Waals surface area contributed by atoms with Crippen LogP contribution in [0.2, 0.25) is 0 Å². The maximum atomic E-state index is 13.2. The second-order valence-electron chi connectivity index (χ2n) is 4.76. The van der Waals surface area contributed by atoms with E-state index in [2.05, 4.69) is 20.9 Å². The quantitative estimate of drug-likeness (QED) is 0.894. The van der Waals surface area contributed by atoms with E-state index in [4.69, 9.17) is 5.73 Å². The summed E-state index contributed by atoms with van der Waals surface area (Å²) in [6.45, 7) is 0.578. The molecular weight excluding hydrogens is 326 g/mol. The van der Waals surface area contributed by atoms with Crippen LogP contribution in [-0.4, -0.2) is 5.84 Å². The predicted octanol–water partition coefficient (Wildman–Crippen LogP) is 3.54. The monoisotopic (exact) mass is 336 g/mol. The Kier molecular flexibility index (Phi) is 3.30. The van der Waals surface area contributed by atoms with Crippen molar-refractivity contribution in [3.05, 3.63) is 68.7 Å². The Bertz CT molecular complexity index is 706. The molecule has 0 spiro atoms. The van der Waals surface area contributed by atoms with Crippen LogP contribution in [0.3, 0.4) is 0 Å². The van der Waals surface area contributed by atoms with Gasteiger partial charge in [-0.25, -0.2) is 8.78 Å². The van der Waals surface area contributed by atoms with Crippen LogP contribution in [-0.2, 0) is 13.0 Å². The summed E-state index contributed by atoms with van der Waals surface area (Å²) >= 11 is 3.49. The van der Waals surface area contributed by atoms with Gasteiger partial charge in [-0.05, 0) is 47.4 Å². The van der Waals surface area contributed by atoms with Gasteiger partial charge in [-0.15, -0.1) is 0 Å². The zero-order valence-corrected chi connectivity index (χ0v) is 12.0. The molecule has 5 heteroatoms. The second kappa shape index (κ2) is 4.98. The average Bonchev–Trinajstić information content (AvgIpc) is 2.70. The lowest BCUT2D eigenvalue weighted by atomic mass is 9.99. The first-order valence-electron chi connectivity index (χ1n) is 6.09. The predicted molar refractivity (Wildman–Crippen MR) is 77.7 cm³/mol. The number of nitrogens with two attached hydrogens (primary N) is 1. The lowest BCUT2D eigenvalue weighted by molar-refractivity contribution is 0.580. The fourth-order valence-corrected chi connectivity index (χ4v) is 2.88. The molecule has 1 heterocycles. The minimum Gasteiger partial charge on any atom is -0.383 e. The minimum atomic E-state index is -0.571. The topological polar surface area (TPSA) is 38.4 Å². The second-order valence-corrected chi connectivity index (χ2v) is 5.61. The molecule has 0 atom stereocenters. The Morgan fingerprint density at radius 3 is 2.50 bits per heavy atom. The average molecular weight is 337 g/mol. The molecule has 0 aliphatic carbocycles. The molecule has 0 aromatic heterocycles. The zero-order valence-electron chi connectivity index (χ0n) is 10.5. The highest BCUT2D eigenvalue weighted by atomic mass is 79.9. The summed E-state index contributed by atoms with van der Waals surface area (Å²) in [6.07, 6.45) is 0.426. The summed E-state index contributed by atoms with van der Waals surface area (Å²) in [4.78, 5) is 4.18. The van der Waals surface area contributed by atoms with E-state index in [1.807, 2.05) is 12.1 Å². The lowest BCUT2D eigenvalue weighted by Crippen LogP contribution is -2.11. The van der Waals surface area contributed by atoms with Crippen LogP contribution < -0.4 is 5.73 Å². The molecule has 1 aliphatic heterocycles. The standard InChI is InChI=1S/C15H11BrF2N2/c16-14-5-10-7-20-15(19)13(10)4-9(14)1-8-2-11(17)6-12(18)3-8/h2-6H,1,7H2,(H2,19,20). The fraction of sp³-hybridized carbons (Fsp3) is 0.133. The molecule has 0 unspecified atom stereocenters. The van der Waals surface area contributed by atoms with E-state index in [1.54, 1.807) is 0 Å². The van der Waals surface area contributed by atoms with Gasteiger partial charge in [-0.3, -0.25) is 4.99 Å². The van der Waals surface area contributed by atoms with E-state index >= 15 is 0 Å². The largest absolute Gasteiger partial charge is 0.383 e. The number of amidine groups is 1. The van der Waals surface area contributed by atoms with Crippen molar-refractivity contribution >= 4 is 21.8 Å². The number of nitrogens with zero attached hydrogens (tertiary/aromatic N) is 1. The van der Waals surface area contributed by atoms with Crippen molar-refractivity contribution in [2.24, 2.45) is 10.7 Å².